The summed E-state index contributed by atoms with van der Waals surface area (Å²) in [7, 11) is 1.74. The third-order valence-corrected chi connectivity index (χ3v) is 5.50. The lowest BCUT2D eigenvalue weighted by molar-refractivity contribution is -0.148. The summed E-state index contributed by atoms with van der Waals surface area (Å²) in [5.74, 6) is 1.20. The number of fused-ring (bicyclic) bond motifs is 1. The van der Waals surface area contributed by atoms with E-state index in [1.165, 1.54) is 21.2 Å². The Hall–Kier alpha value is -1.55. The fraction of sp³-hybridized carbons (Fsp3) is 0.500. The van der Waals surface area contributed by atoms with Crippen LogP contribution in [0.25, 0.3) is 10.8 Å². The predicted molar refractivity (Wildman–Crippen MR) is 127 cm³/mol. The second kappa shape index (κ2) is 11.7. The van der Waals surface area contributed by atoms with Gasteiger partial charge in [-0.05, 0) is 54.6 Å². The number of rotatable bonds is 6. The Morgan fingerprint density at radius 3 is 2.47 bits per heavy atom. The van der Waals surface area contributed by atoms with Gasteiger partial charge >= 0.3 is 6.18 Å². The summed E-state index contributed by atoms with van der Waals surface area (Å²) in [5.41, 5.74) is 1.21. The molecule has 0 aromatic heterocycles. The summed E-state index contributed by atoms with van der Waals surface area (Å²) in [6.45, 7) is 1.70. The number of likely N-dealkylation sites (tertiary alicyclic amines) is 1. The van der Waals surface area contributed by atoms with E-state index in [-0.39, 0.29) is 24.0 Å². The van der Waals surface area contributed by atoms with E-state index in [1.807, 2.05) is 12.1 Å². The number of hydrogen-bond acceptors (Lipinski definition) is 2. The van der Waals surface area contributed by atoms with Gasteiger partial charge in [-0.15, -0.1) is 24.0 Å². The predicted octanol–water partition coefficient (Wildman–Crippen LogP) is 4.79. The maximum atomic E-state index is 12.5. The van der Waals surface area contributed by atoms with E-state index < -0.39 is 12.7 Å². The van der Waals surface area contributed by atoms with Gasteiger partial charge in [0.15, 0.2) is 5.96 Å². The first-order chi connectivity index (χ1) is 13.9. The van der Waals surface area contributed by atoms with Crippen LogP contribution in [0.15, 0.2) is 47.5 Å². The van der Waals surface area contributed by atoms with Crippen molar-refractivity contribution in [3.05, 3.63) is 48.0 Å². The molecule has 0 bridgehead atoms. The molecule has 2 aromatic carbocycles. The van der Waals surface area contributed by atoms with Crippen LogP contribution in [0.3, 0.4) is 0 Å². The summed E-state index contributed by atoms with van der Waals surface area (Å²) >= 11 is 0. The van der Waals surface area contributed by atoms with Crippen LogP contribution in [0.5, 0.6) is 0 Å². The molecule has 1 aliphatic heterocycles. The van der Waals surface area contributed by atoms with Crippen molar-refractivity contribution >= 4 is 40.7 Å². The molecule has 0 atom stereocenters. The third kappa shape index (κ3) is 7.61. The van der Waals surface area contributed by atoms with E-state index in [4.69, 9.17) is 0 Å². The summed E-state index contributed by atoms with van der Waals surface area (Å²) < 4.78 is 37.4. The molecule has 0 radical (unpaired) electrons. The molecular formula is C22H30F3IN4. The van der Waals surface area contributed by atoms with Crippen molar-refractivity contribution in [2.24, 2.45) is 10.9 Å². The second-order valence-corrected chi connectivity index (χ2v) is 7.61. The van der Waals surface area contributed by atoms with Gasteiger partial charge in [0.05, 0.1) is 6.54 Å². The van der Waals surface area contributed by atoms with Gasteiger partial charge in [-0.25, -0.2) is 0 Å². The Morgan fingerprint density at radius 1 is 1.07 bits per heavy atom. The largest absolute Gasteiger partial charge is 0.401 e. The average molecular weight is 534 g/mol. The Kier molecular flexibility index (Phi) is 9.67. The summed E-state index contributed by atoms with van der Waals surface area (Å²) in [5, 5.41) is 9.12. The van der Waals surface area contributed by atoms with Crippen LogP contribution in [0.1, 0.15) is 24.8 Å². The summed E-state index contributed by atoms with van der Waals surface area (Å²) in [6.07, 6.45) is -1.52. The number of halogens is 4. The number of nitrogens with one attached hydrogen (secondary N) is 2. The number of piperidine rings is 1. The van der Waals surface area contributed by atoms with Crippen molar-refractivity contribution in [3.8, 4) is 0 Å². The first kappa shape index (κ1) is 24.7. The zero-order chi connectivity index (χ0) is 20.7. The van der Waals surface area contributed by atoms with Crippen LogP contribution in [0.4, 0.5) is 13.2 Å². The zero-order valence-electron chi connectivity index (χ0n) is 17.2. The molecule has 3 rings (SSSR count). The molecule has 1 saturated heterocycles. The first-order valence-electron chi connectivity index (χ1n) is 10.1. The van der Waals surface area contributed by atoms with Gasteiger partial charge in [-0.1, -0.05) is 42.5 Å². The fourth-order valence-electron chi connectivity index (χ4n) is 3.93. The molecule has 1 heterocycles. The van der Waals surface area contributed by atoms with E-state index in [2.05, 4.69) is 46.0 Å². The van der Waals surface area contributed by atoms with Gasteiger partial charge in [-0.3, -0.25) is 9.89 Å². The summed E-state index contributed by atoms with van der Waals surface area (Å²) in [4.78, 5) is 5.79. The molecule has 1 fully saturated rings. The Labute approximate surface area is 193 Å². The number of aliphatic imine (C=N–C) groups is 1. The van der Waals surface area contributed by atoms with Crippen LogP contribution in [-0.4, -0.2) is 50.3 Å². The molecule has 0 spiro atoms. The smallest absolute Gasteiger partial charge is 0.356 e. The lowest BCUT2D eigenvalue weighted by atomic mass is 9.93. The lowest BCUT2D eigenvalue weighted by Gasteiger charge is -2.32. The van der Waals surface area contributed by atoms with Gasteiger partial charge in [-0.2, -0.15) is 13.2 Å². The van der Waals surface area contributed by atoms with E-state index in [0.717, 1.165) is 31.8 Å². The van der Waals surface area contributed by atoms with Gasteiger partial charge in [0.1, 0.15) is 0 Å². The highest BCUT2D eigenvalue weighted by Gasteiger charge is 2.32. The van der Waals surface area contributed by atoms with E-state index in [1.54, 1.807) is 7.05 Å². The number of nitrogens with zero attached hydrogens (tertiary/aromatic N) is 2. The molecule has 30 heavy (non-hydrogen) atoms. The quantitative estimate of drug-likeness (QED) is 0.318. The highest BCUT2D eigenvalue weighted by atomic mass is 127. The number of alkyl halides is 3. The average Bonchev–Trinajstić information content (AvgIpc) is 2.70. The van der Waals surface area contributed by atoms with Crippen molar-refractivity contribution in [2.75, 3.05) is 33.2 Å². The zero-order valence-corrected chi connectivity index (χ0v) is 19.5. The molecule has 4 nitrogen and oxygen atoms in total. The molecule has 2 N–H and O–H groups in total. The van der Waals surface area contributed by atoms with Gasteiger partial charge < -0.3 is 10.6 Å². The molecule has 1 aliphatic rings. The van der Waals surface area contributed by atoms with E-state index in [0.29, 0.717) is 25.6 Å². The topological polar surface area (TPSA) is 39.7 Å². The van der Waals surface area contributed by atoms with Crippen molar-refractivity contribution in [3.63, 3.8) is 0 Å². The second-order valence-electron chi connectivity index (χ2n) is 7.61. The van der Waals surface area contributed by atoms with Gasteiger partial charge in [0.2, 0.25) is 0 Å². The fourth-order valence-corrected chi connectivity index (χ4v) is 3.93. The van der Waals surface area contributed by atoms with Crippen molar-refractivity contribution in [2.45, 2.75) is 32.0 Å². The van der Waals surface area contributed by atoms with Crippen LogP contribution in [-0.2, 0) is 6.54 Å². The van der Waals surface area contributed by atoms with Crippen molar-refractivity contribution in [1.82, 2.24) is 15.5 Å². The van der Waals surface area contributed by atoms with Crippen LogP contribution < -0.4 is 10.6 Å². The third-order valence-electron chi connectivity index (χ3n) is 5.50. The Bertz CT molecular complexity index is 812. The molecule has 0 aliphatic carbocycles. The van der Waals surface area contributed by atoms with Crippen LogP contribution >= 0.6 is 24.0 Å². The maximum Gasteiger partial charge on any atom is 0.401 e. The van der Waals surface area contributed by atoms with E-state index in [9.17, 15) is 13.2 Å². The highest BCUT2D eigenvalue weighted by Crippen LogP contribution is 2.24. The maximum absolute atomic E-state index is 12.5. The van der Waals surface area contributed by atoms with Gasteiger partial charge in [0, 0.05) is 20.1 Å². The minimum absolute atomic E-state index is 0. The van der Waals surface area contributed by atoms with E-state index >= 15 is 0 Å². The molecule has 2 aromatic rings. The number of guanidine groups is 1. The standard InChI is InChI=1S/C22H29F3N4.HI/c1-26-21(28-15-19-7-4-6-18-5-2-3-8-20(18)19)27-12-9-17-10-13-29(14-11-17)16-22(23,24)25;/h2-8,17H,9-16H2,1H3,(H2,26,27,28);1H. The molecular weight excluding hydrogens is 504 g/mol. The van der Waals surface area contributed by atoms with Crippen LogP contribution in [0.2, 0.25) is 0 Å². The molecule has 0 amide bonds. The Balaban J connectivity index is 0.00000320. The first-order valence-corrected chi connectivity index (χ1v) is 10.1. The van der Waals surface area contributed by atoms with Crippen molar-refractivity contribution in [1.29, 1.82) is 0 Å². The summed E-state index contributed by atoms with van der Waals surface area (Å²) in [6, 6.07) is 14.6. The van der Waals surface area contributed by atoms with Crippen molar-refractivity contribution < 1.29 is 13.2 Å². The highest BCUT2D eigenvalue weighted by molar-refractivity contribution is 14.0. The molecule has 8 heteroatoms. The molecule has 0 saturated carbocycles. The number of benzene rings is 2. The Morgan fingerprint density at radius 2 is 1.77 bits per heavy atom. The number of hydrogen-bond donors (Lipinski definition) is 2. The normalized spacial score (nSPS) is 16.3. The van der Waals surface area contributed by atoms with Gasteiger partial charge in [0.25, 0.3) is 0 Å². The SMILES string of the molecule is CN=C(NCCC1CCN(CC(F)(F)F)CC1)NCc1cccc2ccccc12.I. The molecule has 166 valence electrons. The van der Waals surface area contributed by atoms with Crippen LogP contribution in [0, 0.1) is 5.92 Å². The minimum Gasteiger partial charge on any atom is -0.356 e. The molecule has 0 unspecified atom stereocenters. The lowest BCUT2D eigenvalue weighted by Crippen LogP contribution is -2.41. The minimum atomic E-state index is -4.10. The monoisotopic (exact) mass is 534 g/mol.